The van der Waals surface area contributed by atoms with Gasteiger partial charge in [-0.05, 0) is 68.1 Å². The van der Waals surface area contributed by atoms with Gasteiger partial charge in [-0.15, -0.1) is 6.58 Å². The molecule has 0 aromatic carbocycles. The Morgan fingerprint density at radius 2 is 1.75 bits per heavy atom. The van der Waals surface area contributed by atoms with E-state index >= 15 is 0 Å². The van der Waals surface area contributed by atoms with Gasteiger partial charge >= 0.3 is 0 Å². The standard InChI is InChI=1S/C19H32O/c1-6-18(4)13-10-14-15(20-18)8-9-16-17(2,3)11-7-12-19(14,16)5/h6,14-16H,1,7-13H2,2-5H3/t14-,15+,16+,18-,19+/m0/s1. The summed E-state index contributed by atoms with van der Waals surface area (Å²) in [5, 5.41) is 0. The van der Waals surface area contributed by atoms with Gasteiger partial charge in [0.2, 0.25) is 0 Å². The minimum atomic E-state index is -0.0749. The molecule has 1 aliphatic heterocycles. The van der Waals surface area contributed by atoms with Crippen LogP contribution in [-0.4, -0.2) is 11.7 Å². The Labute approximate surface area is 125 Å². The molecule has 0 amide bonds. The Morgan fingerprint density at radius 1 is 1.00 bits per heavy atom. The van der Waals surface area contributed by atoms with Gasteiger partial charge < -0.3 is 4.74 Å². The number of fused-ring (bicyclic) bond motifs is 3. The highest BCUT2D eigenvalue weighted by Crippen LogP contribution is 2.62. The lowest BCUT2D eigenvalue weighted by Gasteiger charge is -2.61. The molecule has 2 saturated carbocycles. The summed E-state index contributed by atoms with van der Waals surface area (Å²) in [6.07, 6.45) is 11.8. The van der Waals surface area contributed by atoms with Gasteiger partial charge in [-0.1, -0.05) is 33.3 Å². The predicted molar refractivity (Wildman–Crippen MR) is 84.7 cm³/mol. The van der Waals surface area contributed by atoms with Crippen LogP contribution in [0.1, 0.15) is 72.6 Å². The smallest absolute Gasteiger partial charge is 0.0835 e. The van der Waals surface area contributed by atoms with Gasteiger partial charge in [-0.25, -0.2) is 0 Å². The lowest BCUT2D eigenvalue weighted by Crippen LogP contribution is -2.57. The number of hydrogen-bond acceptors (Lipinski definition) is 1. The van der Waals surface area contributed by atoms with Crippen molar-refractivity contribution >= 4 is 0 Å². The number of rotatable bonds is 1. The molecule has 1 heteroatoms. The monoisotopic (exact) mass is 276 g/mol. The Morgan fingerprint density at radius 3 is 2.45 bits per heavy atom. The largest absolute Gasteiger partial charge is 0.368 e. The van der Waals surface area contributed by atoms with Crippen molar-refractivity contribution in [3.63, 3.8) is 0 Å². The SMILES string of the molecule is C=C[C@@]1(C)CC[C@H]2[C@@H](CC[C@@H]3C(C)(C)CCC[C@@]32C)O1. The Kier molecular flexibility index (Phi) is 3.36. The van der Waals surface area contributed by atoms with Crippen LogP contribution in [0.3, 0.4) is 0 Å². The van der Waals surface area contributed by atoms with Crippen molar-refractivity contribution < 1.29 is 4.74 Å². The first kappa shape index (κ1) is 14.6. The van der Waals surface area contributed by atoms with Crippen LogP contribution in [0.25, 0.3) is 0 Å². The molecule has 0 radical (unpaired) electrons. The molecule has 3 fully saturated rings. The minimum absolute atomic E-state index is 0.0749. The molecular formula is C19H32O. The van der Waals surface area contributed by atoms with Crippen LogP contribution >= 0.6 is 0 Å². The highest BCUT2D eigenvalue weighted by molar-refractivity contribution is 5.08. The molecule has 1 nitrogen and oxygen atoms in total. The Bertz CT molecular complexity index is 399. The molecule has 2 aliphatic carbocycles. The van der Waals surface area contributed by atoms with Gasteiger partial charge in [0.05, 0.1) is 11.7 Å². The summed E-state index contributed by atoms with van der Waals surface area (Å²) >= 11 is 0. The Balaban J connectivity index is 1.87. The van der Waals surface area contributed by atoms with E-state index in [0.717, 1.165) is 18.3 Å². The van der Waals surface area contributed by atoms with Gasteiger partial charge in [-0.3, -0.25) is 0 Å². The zero-order chi connectivity index (χ0) is 14.6. The summed E-state index contributed by atoms with van der Waals surface area (Å²) in [4.78, 5) is 0. The topological polar surface area (TPSA) is 9.23 Å². The Hall–Kier alpha value is -0.300. The zero-order valence-corrected chi connectivity index (χ0v) is 13.9. The van der Waals surface area contributed by atoms with Crippen LogP contribution in [0.15, 0.2) is 12.7 Å². The van der Waals surface area contributed by atoms with Gasteiger partial charge in [-0.2, -0.15) is 0 Å². The lowest BCUT2D eigenvalue weighted by atomic mass is 9.47. The quantitative estimate of drug-likeness (QED) is 0.586. The van der Waals surface area contributed by atoms with E-state index in [1.807, 2.05) is 6.08 Å². The van der Waals surface area contributed by atoms with E-state index < -0.39 is 0 Å². The normalized spacial score (nSPS) is 50.9. The van der Waals surface area contributed by atoms with Crippen molar-refractivity contribution in [2.45, 2.75) is 84.3 Å². The first-order valence-corrected chi connectivity index (χ1v) is 8.62. The summed E-state index contributed by atoms with van der Waals surface area (Å²) in [6.45, 7) is 13.8. The van der Waals surface area contributed by atoms with Crippen LogP contribution in [0.2, 0.25) is 0 Å². The van der Waals surface area contributed by atoms with Crippen molar-refractivity contribution in [2.75, 3.05) is 0 Å². The van der Waals surface area contributed by atoms with E-state index in [-0.39, 0.29) is 5.60 Å². The molecule has 1 saturated heterocycles. The molecule has 5 atom stereocenters. The van der Waals surface area contributed by atoms with Crippen molar-refractivity contribution in [3.05, 3.63) is 12.7 Å². The van der Waals surface area contributed by atoms with Crippen LogP contribution < -0.4 is 0 Å². The molecule has 0 N–H and O–H groups in total. The third-order valence-corrected chi connectivity index (χ3v) is 7.12. The van der Waals surface area contributed by atoms with Crippen LogP contribution in [0.5, 0.6) is 0 Å². The number of hydrogen-bond donors (Lipinski definition) is 0. The van der Waals surface area contributed by atoms with Crippen LogP contribution in [0, 0.1) is 22.7 Å². The summed E-state index contributed by atoms with van der Waals surface area (Å²) < 4.78 is 6.49. The molecule has 0 spiro atoms. The predicted octanol–water partition coefficient (Wildman–Crippen LogP) is 5.35. The third kappa shape index (κ3) is 2.08. The molecule has 3 aliphatic rings. The molecule has 0 aromatic rings. The van der Waals surface area contributed by atoms with E-state index in [1.54, 1.807) is 0 Å². The summed E-state index contributed by atoms with van der Waals surface area (Å²) in [5.41, 5.74) is 0.957. The number of ether oxygens (including phenoxy) is 1. The van der Waals surface area contributed by atoms with Crippen molar-refractivity contribution in [1.29, 1.82) is 0 Å². The maximum Gasteiger partial charge on any atom is 0.0835 e. The fourth-order valence-corrected chi connectivity index (χ4v) is 5.94. The van der Waals surface area contributed by atoms with E-state index in [1.165, 1.54) is 38.5 Å². The van der Waals surface area contributed by atoms with Crippen molar-refractivity contribution in [3.8, 4) is 0 Å². The van der Waals surface area contributed by atoms with E-state index in [4.69, 9.17) is 4.74 Å². The zero-order valence-electron chi connectivity index (χ0n) is 13.9. The maximum atomic E-state index is 6.49. The van der Waals surface area contributed by atoms with Crippen molar-refractivity contribution in [2.24, 2.45) is 22.7 Å². The highest BCUT2D eigenvalue weighted by Gasteiger charge is 2.56. The second-order valence-corrected chi connectivity index (χ2v) is 8.80. The second-order valence-electron chi connectivity index (χ2n) is 8.80. The second kappa shape index (κ2) is 4.60. The first-order valence-electron chi connectivity index (χ1n) is 8.62. The first-order chi connectivity index (χ1) is 9.31. The van der Waals surface area contributed by atoms with Gasteiger partial charge in [0, 0.05) is 0 Å². The molecule has 0 unspecified atom stereocenters. The van der Waals surface area contributed by atoms with E-state index in [2.05, 4.69) is 34.3 Å². The summed E-state index contributed by atoms with van der Waals surface area (Å²) in [7, 11) is 0. The van der Waals surface area contributed by atoms with Gasteiger partial charge in [0.25, 0.3) is 0 Å². The molecule has 0 aromatic heterocycles. The van der Waals surface area contributed by atoms with E-state index in [0.29, 0.717) is 16.9 Å². The highest BCUT2D eigenvalue weighted by atomic mass is 16.5. The third-order valence-electron chi connectivity index (χ3n) is 7.12. The minimum Gasteiger partial charge on any atom is -0.368 e. The van der Waals surface area contributed by atoms with Crippen LogP contribution in [0.4, 0.5) is 0 Å². The fraction of sp³-hybridized carbons (Fsp3) is 0.895. The van der Waals surface area contributed by atoms with Gasteiger partial charge in [0.1, 0.15) is 0 Å². The summed E-state index contributed by atoms with van der Waals surface area (Å²) in [5.74, 6) is 1.66. The van der Waals surface area contributed by atoms with Crippen molar-refractivity contribution in [1.82, 2.24) is 0 Å². The molecule has 20 heavy (non-hydrogen) atoms. The summed E-state index contributed by atoms with van der Waals surface area (Å²) in [6, 6.07) is 0. The van der Waals surface area contributed by atoms with Crippen LogP contribution in [-0.2, 0) is 4.74 Å². The van der Waals surface area contributed by atoms with E-state index in [9.17, 15) is 0 Å². The molecule has 114 valence electrons. The van der Waals surface area contributed by atoms with Gasteiger partial charge in [0.15, 0.2) is 0 Å². The average Bonchev–Trinajstić information content (AvgIpc) is 2.37. The molecule has 1 heterocycles. The molecule has 3 rings (SSSR count). The molecular weight excluding hydrogens is 244 g/mol. The fourth-order valence-electron chi connectivity index (χ4n) is 5.94. The maximum absolute atomic E-state index is 6.49. The molecule has 0 bridgehead atoms. The average molecular weight is 276 g/mol. The lowest BCUT2D eigenvalue weighted by molar-refractivity contribution is -0.202.